The quantitative estimate of drug-likeness (QED) is 0.817. The standard InChI is InChI=1S/C19H23NO4S/c1-14-6-8-15(9-7-14)17-5-4-12-20(17)25(21,22)19-13-16(23-2)10-11-18(19)24-3/h6-11,13,17H,4-5,12H2,1-3H3/t17-/m1/s1. The van der Waals surface area contributed by atoms with E-state index in [9.17, 15) is 8.42 Å². The highest BCUT2D eigenvalue weighted by Crippen LogP contribution is 2.39. The highest BCUT2D eigenvalue weighted by Gasteiger charge is 2.37. The molecule has 2 aromatic carbocycles. The Kier molecular flexibility index (Phi) is 5.01. The van der Waals surface area contributed by atoms with E-state index in [0.29, 0.717) is 18.0 Å². The van der Waals surface area contributed by atoms with Crippen molar-refractivity contribution in [1.82, 2.24) is 4.31 Å². The van der Waals surface area contributed by atoms with Crippen LogP contribution in [-0.2, 0) is 10.0 Å². The van der Waals surface area contributed by atoms with E-state index in [1.807, 2.05) is 31.2 Å². The van der Waals surface area contributed by atoms with Crippen LogP contribution in [0.4, 0.5) is 0 Å². The summed E-state index contributed by atoms with van der Waals surface area (Å²) >= 11 is 0. The number of hydrogen-bond donors (Lipinski definition) is 0. The third-order valence-corrected chi connectivity index (χ3v) is 6.55. The summed E-state index contributed by atoms with van der Waals surface area (Å²) in [6, 6.07) is 12.8. The fourth-order valence-corrected chi connectivity index (χ4v) is 5.12. The van der Waals surface area contributed by atoms with Crippen molar-refractivity contribution in [3.05, 3.63) is 53.6 Å². The normalized spacial score (nSPS) is 18.3. The number of hydrogen-bond acceptors (Lipinski definition) is 4. The van der Waals surface area contributed by atoms with E-state index >= 15 is 0 Å². The van der Waals surface area contributed by atoms with Gasteiger partial charge in [0.1, 0.15) is 16.4 Å². The molecular weight excluding hydrogens is 338 g/mol. The van der Waals surface area contributed by atoms with Crippen LogP contribution in [0.15, 0.2) is 47.4 Å². The largest absolute Gasteiger partial charge is 0.497 e. The average Bonchev–Trinajstić information content (AvgIpc) is 3.12. The minimum atomic E-state index is -3.69. The molecular formula is C19H23NO4S. The molecule has 1 heterocycles. The molecule has 0 saturated carbocycles. The van der Waals surface area contributed by atoms with Gasteiger partial charge < -0.3 is 9.47 Å². The molecule has 1 atom stereocenters. The Balaban J connectivity index is 2.03. The number of nitrogens with zero attached hydrogens (tertiary/aromatic N) is 1. The molecule has 1 aliphatic heterocycles. The highest BCUT2D eigenvalue weighted by atomic mass is 32.2. The van der Waals surface area contributed by atoms with Gasteiger partial charge in [-0.15, -0.1) is 0 Å². The zero-order valence-corrected chi connectivity index (χ0v) is 15.5. The number of sulfonamides is 1. The van der Waals surface area contributed by atoms with Gasteiger partial charge in [0.25, 0.3) is 0 Å². The molecule has 0 amide bonds. The van der Waals surface area contributed by atoms with Crippen LogP contribution in [0.1, 0.15) is 30.0 Å². The summed E-state index contributed by atoms with van der Waals surface area (Å²) in [6.45, 7) is 2.52. The van der Waals surface area contributed by atoms with E-state index in [2.05, 4.69) is 0 Å². The van der Waals surface area contributed by atoms with Crippen molar-refractivity contribution >= 4 is 10.0 Å². The lowest BCUT2D eigenvalue weighted by molar-refractivity contribution is 0.376. The fraction of sp³-hybridized carbons (Fsp3) is 0.368. The van der Waals surface area contributed by atoms with Gasteiger partial charge in [0.15, 0.2) is 0 Å². The summed E-state index contributed by atoms with van der Waals surface area (Å²) < 4.78 is 38.7. The van der Waals surface area contributed by atoms with Gasteiger partial charge in [-0.05, 0) is 37.5 Å². The maximum atomic E-state index is 13.3. The number of methoxy groups -OCH3 is 2. The molecule has 6 heteroatoms. The molecule has 0 aromatic heterocycles. The SMILES string of the molecule is COc1ccc(OC)c(S(=O)(=O)N2CCC[C@@H]2c2ccc(C)cc2)c1. The lowest BCUT2D eigenvalue weighted by Gasteiger charge is -2.25. The van der Waals surface area contributed by atoms with E-state index in [1.165, 1.54) is 20.3 Å². The molecule has 0 bridgehead atoms. The van der Waals surface area contributed by atoms with E-state index in [1.54, 1.807) is 16.4 Å². The van der Waals surface area contributed by atoms with Crippen LogP contribution in [0.25, 0.3) is 0 Å². The van der Waals surface area contributed by atoms with Crippen LogP contribution >= 0.6 is 0 Å². The monoisotopic (exact) mass is 361 g/mol. The zero-order valence-electron chi connectivity index (χ0n) is 14.7. The summed E-state index contributed by atoms with van der Waals surface area (Å²) in [7, 11) is -0.702. The van der Waals surface area contributed by atoms with Crippen molar-refractivity contribution in [2.75, 3.05) is 20.8 Å². The van der Waals surface area contributed by atoms with Gasteiger partial charge in [0.2, 0.25) is 10.0 Å². The van der Waals surface area contributed by atoms with Crippen LogP contribution in [0.5, 0.6) is 11.5 Å². The molecule has 1 fully saturated rings. The average molecular weight is 361 g/mol. The van der Waals surface area contributed by atoms with E-state index in [-0.39, 0.29) is 10.9 Å². The maximum Gasteiger partial charge on any atom is 0.247 e. The molecule has 1 aliphatic rings. The fourth-order valence-electron chi connectivity index (χ4n) is 3.26. The minimum absolute atomic E-state index is 0.147. The summed E-state index contributed by atoms with van der Waals surface area (Å²) in [5, 5.41) is 0. The Bertz CT molecular complexity index is 846. The first-order valence-electron chi connectivity index (χ1n) is 8.28. The Hall–Kier alpha value is -2.05. The van der Waals surface area contributed by atoms with Crippen LogP contribution in [0.3, 0.4) is 0 Å². The van der Waals surface area contributed by atoms with Crippen LogP contribution in [-0.4, -0.2) is 33.5 Å². The number of ether oxygens (including phenoxy) is 2. The van der Waals surface area contributed by atoms with Gasteiger partial charge in [-0.1, -0.05) is 29.8 Å². The predicted octanol–water partition coefficient (Wildman–Crippen LogP) is 3.54. The third-order valence-electron chi connectivity index (χ3n) is 4.62. The molecule has 0 unspecified atom stereocenters. The van der Waals surface area contributed by atoms with Crippen molar-refractivity contribution in [3.8, 4) is 11.5 Å². The van der Waals surface area contributed by atoms with Crippen molar-refractivity contribution in [2.45, 2.75) is 30.7 Å². The van der Waals surface area contributed by atoms with Gasteiger partial charge >= 0.3 is 0 Å². The molecule has 0 radical (unpaired) electrons. The Morgan fingerprint density at radius 3 is 2.40 bits per heavy atom. The molecule has 0 N–H and O–H groups in total. The van der Waals surface area contributed by atoms with Crippen molar-refractivity contribution in [1.29, 1.82) is 0 Å². The second-order valence-electron chi connectivity index (χ2n) is 6.20. The van der Waals surface area contributed by atoms with Gasteiger partial charge in [-0.25, -0.2) is 8.42 Å². The molecule has 0 aliphatic carbocycles. The van der Waals surface area contributed by atoms with Crippen LogP contribution in [0.2, 0.25) is 0 Å². The Morgan fingerprint density at radius 1 is 1.04 bits per heavy atom. The Morgan fingerprint density at radius 2 is 1.76 bits per heavy atom. The molecule has 5 nitrogen and oxygen atoms in total. The van der Waals surface area contributed by atoms with Gasteiger partial charge in [0, 0.05) is 12.6 Å². The summed E-state index contributed by atoms with van der Waals surface area (Å²) in [5.74, 6) is 0.820. The second-order valence-corrected chi connectivity index (χ2v) is 8.06. The Labute approximate surface area is 149 Å². The van der Waals surface area contributed by atoms with Crippen LogP contribution in [0, 0.1) is 6.92 Å². The molecule has 3 rings (SSSR count). The minimum Gasteiger partial charge on any atom is -0.497 e. The first-order valence-corrected chi connectivity index (χ1v) is 9.72. The maximum absolute atomic E-state index is 13.3. The zero-order chi connectivity index (χ0) is 18.0. The van der Waals surface area contributed by atoms with E-state index in [4.69, 9.17) is 9.47 Å². The molecule has 1 saturated heterocycles. The van der Waals surface area contributed by atoms with E-state index < -0.39 is 10.0 Å². The second kappa shape index (κ2) is 7.06. The predicted molar refractivity (Wildman–Crippen MR) is 96.6 cm³/mol. The summed E-state index contributed by atoms with van der Waals surface area (Å²) in [6.07, 6.45) is 1.65. The third kappa shape index (κ3) is 3.37. The lowest BCUT2D eigenvalue weighted by Crippen LogP contribution is -2.31. The molecule has 25 heavy (non-hydrogen) atoms. The first kappa shape index (κ1) is 17.8. The topological polar surface area (TPSA) is 55.8 Å². The van der Waals surface area contributed by atoms with E-state index in [0.717, 1.165) is 24.0 Å². The first-order chi connectivity index (χ1) is 12.0. The highest BCUT2D eigenvalue weighted by molar-refractivity contribution is 7.89. The van der Waals surface area contributed by atoms with Gasteiger partial charge in [0.05, 0.1) is 20.3 Å². The summed E-state index contributed by atoms with van der Waals surface area (Å²) in [5.41, 5.74) is 2.18. The van der Waals surface area contributed by atoms with Crippen LogP contribution < -0.4 is 9.47 Å². The van der Waals surface area contributed by atoms with Gasteiger partial charge in [-0.3, -0.25) is 0 Å². The number of benzene rings is 2. The van der Waals surface area contributed by atoms with Gasteiger partial charge in [-0.2, -0.15) is 4.31 Å². The molecule has 134 valence electrons. The molecule has 0 spiro atoms. The summed E-state index contributed by atoms with van der Waals surface area (Å²) in [4.78, 5) is 0.147. The molecule has 2 aromatic rings. The lowest BCUT2D eigenvalue weighted by atomic mass is 10.0. The van der Waals surface area contributed by atoms with Crippen molar-refractivity contribution in [2.24, 2.45) is 0 Å². The smallest absolute Gasteiger partial charge is 0.247 e. The van der Waals surface area contributed by atoms with Crippen molar-refractivity contribution in [3.63, 3.8) is 0 Å². The van der Waals surface area contributed by atoms with Crippen molar-refractivity contribution < 1.29 is 17.9 Å². The number of aryl methyl sites for hydroxylation is 1. The number of rotatable bonds is 5.